The summed E-state index contributed by atoms with van der Waals surface area (Å²) >= 11 is 16.1. The summed E-state index contributed by atoms with van der Waals surface area (Å²) in [5.41, 5.74) is 0.466. The molecule has 1 rings (SSSR count). The molecule has 98 valence electrons. The third-order valence-electron chi connectivity index (χ3n) is 1.95. The second-order valence-electron chi connectivity index (χ2n) is 3.61. The van der Waals surface area contributed by atoms with E-state index in [0.29, 0.717) is 5.56 Å². The van der Waals surface area contributed by atoms with Crippen molar-refractivity contribution >= 4 is 46.7 Å². The van der Waals surface area contributed by atoms with E-state index in [1.807, 2.05) is 0 Å². The minimum atomic E-state index is -2.13. The number of hydrogen-bond acceptors (Lipinski definition) is 3. The lowest BCUT2D eigenvalue weighted by Crippen LogP contribution is -2.25. The van der Waals surface area contributed by atoms with E-state index < -0.39 is 9.76 Å². The van der Waals surface area contributed by atoms with Crippen LogP contribution in [0.1, 0.15) is 10.4 Å². The first-order valence-electron chi connectivity index (χ1n) is 4.82. The lowest BCUT2D eigenvalue weighted by atomic mass is 10.2. The Balaban J connectivity index is 2.78. The standard InChI is InChI=1S/C11H10Cl3NO3/c1-15(2)9(16)7-3-5-8(6-4-7)18-10(17)11(12,13)14/h3-6H,1-2H3. The van der Waals surface area contributed by atoms with E-state index in [1.165, 1.54) is 29.2 Å². The average molecular weight is 311 g/mol. The van der Waals surface area contributed by atoms with E-state index in [1.54, 1.807) is 14.1 Å². The molecule has 0 aliphatic heterocycles. The van der Waals surface area contributed by atoms with Gasteiger partial charge in [-0.25, -0.2) is 4.79 Å². The van der Waals surface area contributed by atoms with Gasteiger partial charge in [0.2, 0.25) is 0 Å². The van der Waals surface area contributed by atoms with E-state index in [4.69, 9.17) is 39.5 Å². The van der Waals surface area contributed by atoms with Gasteiger partial charge in [0.25, 0.3) is 9.70 Å². The topological polar surface area (TPSA) is 46.6 Å². The number of carbonyl (C=O) groups excluding carboxylic acids is 2. The van der Waals surface area contributed by atoms with Gasteiger partial charge in [-0.2, -0.15) is 0 Å². The molecule has 0 aromatic heterocycles. The van der Waals surface area contributed by atoms with Crippen LogP contribution in [0.4, 0.5) is 0 Å². The summed E-state index contributed by atoms with van der Waals surface area (Å²) in [4.78, 5) is 24.3. The van der Waals surface area contributed by atoms with Crippen molar-refractivity contribution in [2.75, 3.05) is 14.1 Å². The van der Waals surface area contributed by atoms with Crippen LogP contribution in [0.15, 0.2) is 24.3 Å². The zero-order valence-corrected chi connectivity index (χ0v) is 11.9. The Morgan fingerprint density at radius 1 is 1.11 bits per heavy atom. The fourth-order valence-electron chi connectivity index (χ4n) is 1.09. The molecular formula is C11H10Cl3NO3. The predicted octanol–water partition coefficient (Wildman–Crippen LogP) is 2.66. The van der Waals surface area contributed by atoms with Crippen LogP contribution in [-0.2, 0) is 4.79 Å². The van der Waals surface area contributed by atoms with E-state index in [2.05, 4.69) is 0 Å². The van der Waals surface area contributed by atoms with Crippen LogP contribution in [-0.4, -0.2) is 34.7 Å². The number of benzene rings is 1. The van der Waals surface area contributed by atoms with Crippen molar-refractivity contribution in [3.63, 3.8) is 0 Å². The summed E-state index contributed by atoms with van der Waals surface area (Å²) in [6.07, 6.45) is 0. The summed E-state index contributed by atoms with van der Waals surface area (Å²) < 4.78 is 2.69. The summed E-state index contributed by atoms with van der Waals surface area (Å²) in [5.74, 6) is -0.963. The van der Waals surface area contributed by atoms with Gasteiger partial charge in [-0.15, -0.1) is 0 Å². The molecule has 18 heavy (non-hydrogen) atoms. The maximum absolute atomic E-state index is 11.6. The van der Waals surface area contributed by atoms with Gasteiger partial charge in [0.1, 0.15) is 5.75 Å². The molecule has 0 aliphatic rings. The quantitative estimate of drug-likeness (QED) is 0.479. The third-order valence-corrected chi connectivity index (χ3v) is 2.41. The first-order chi connectivity index (χ1) is 8.21. The number of halogens is 3. The molecular weight excluding hydrogens is 300 g/mol. The number of carbonyl (C=O) groups is 2. The van der Waals surface area contributed by atoms with Crippen LogP contribution >= 0.6 is 34.8 Å². The summed E-state index contributed by atoms with van der Waals surface area (Å²) in [6, 6.07) is 5.93. The number of hydrogen-bond donors (Lipinski definition) is 0. The molecule has 0 unspecified atom stereocenters. The normalized spacial score (nSPS) is 10.9. The average Bonchev–Trinajstić information content (AvgIpc) is 2.27. The Morgan fingerprint density at radius 3 is 2.00 bits per heavy atom. The first kappa shape index (κ1) is 15.1. The molecule has 0 spiro atoms. The predicted molar refractivity (Wildman–Crippen MR) is 70.4 cm³/mol. The Morgan fingerprint density at radius 2 is 1.61 bits per heavy atom. The highest BCUT2D eigenvalue weighted by molar-refractivity contribution is 6.75. The van der Waals surface area contributed by atoms with Gasteiger partial charge in [-0.05, 0) is 24.3 Å². The van der Waals surface area contributed by atoms with Gasteiger partial charge >= 0.3 is 5.97 Å². The highest BCUT2D eigenvalue weighted by atomic mass is 35.6. The number of esters is 1. The van der Waals surface area contributed by atoms with E-state index in [-0.39, 0.29) is 11.7 Å². The number of ether oxygens (including phenoxy) is 1. The Labute approximate surface area is 119 Å². The minimum absolute atomic E-state index is 0.158. The molecule has 0 atom stereocenters. The molecule has 1 aromatic rings. The monoisotopic (exact) mass is 309 g/mol. The van der Waals surface area contributed by atoms with Crippen molar-refractivity contribution in [2.45, 2.75) is 3.79 Å². The number of amides is 1. The fourth-order valence-corrected chi connectivity index (χ4v) is 1.20. The van der Waals surface area contributed by atoms with Gasteiger partial charge in [0, 0.05) is 19.7 Å². The van der Waals surface area contributed by atoms with Crippen molar-refractivity contribution in [2.24, 2.45) is 0 Å². The van der Waals surface area contributed by atoms with Crippen LogP contribution in [0.2, 0.25) is 0 Å². The fraction of sp³-hybridized carbons (Fsp3) is 0.273. The van der Waals surface area contributed by atoms with Crippen LogP contribution in [0.25, 0.3) is 0 Å². The van der Waals surface area contributed by atoms with Gasteiger partial charge < -0.3 is 9.64 Å². The molecule has 0 fully saturated rings. The molecule has 0 bridgehead atoms. The number of alkyl halides is 3. The molecule has 0 aliphatic carbocycles. The zero-order chi connectivity index (χ0) is 13.9. The van der Waals surface area contributed by atoms with E-state index >= 15 is 0 Å². The second-order valence-corrected chi connectivity index (χ2v) is 5.89. The van der Waals surface area contributed by atoms with Crippen molar-refractivity contribution < 1.29 is 14.3 Å². The number of rotatable bonds is 2. The zero-order valence-electron chi connectivity index (χ0n) is 9.62. The Hall–Kier alpha value is -0.970. The SMILES string of the molecule is CN(C)C(=O)c1ccc(OC(=O)C(Cl)(Cl)Cl)cc1. The van der Waals surface area contributed by atoms with Gasteiger partial charge in [-0.1, -0.05) is 34.8 Å². The van der Waals surface area contributed by atoms with Gasteiger partial charge in [-0.3, -0.25) is 4.79 Å². The first-order valence-corrected chi connectivity index (χ1v) is 5.96. The molecule has 0 radical (unpaired) electrons. The lowest BCUT2D eigenvalue weighted by molar-refractivity contribution is -0.133. The Kier molecular flexibility index (Phi) is 4.85. The molecule has 0 N–H and O–H groups in total. The van der Waals surface area contributed by atoms with Crippen molar-refractivity contribution in [3.8, 4) is 5.75 Å². The van der Waals surface area contributed by atoms with Crippen molar-refractivity contribution in [1.29, 1.82) is 0 Å². The number of nitrogens with zero attached hydrogens (tertiary/aromatic N) is 1. The smallest absolute Gasteiger partial charge is 0.363 e. The maximum atomic E-state index is 11.6. The highest BCUT2D eigenvalue weighted by Crippen LogP contribution is 2.28. The van der Waals surface area contributed by atoms with Crippen LogP contribution < -0.4 is 4.74 Å². The largest absolute Gasteiger partial charge is 0.423 e. The van der Waals surface area contributed by atoms with Crippen LogP contribution in [0, 0.1) is 0 Å². The molecule has 1 aromatic carbocycles. The minimum Gasteiger partial charge on any atom is -0.423 e. The molecule has 7 heteroatoms. The Bertz CT molecular complexity index is 452. The molecule has 0 heterocycles. The van der Waals surface area contributed by atoms with E-state index in [9.17, 15) is 9.59 Å². The maximum Gasteiger partial charge on any atom is 0.363 e. The van der Waals surface area contributed by atoms with E-state index in [0.717, 1.165) is 0 Å². The van der Waals surface area contributed by atoms with Crippen molar-refractivity contribution in [3.05, 3.63) is 29.8 Å². The molecule has 4 nitrogen and oxygen atoms in total. The molecule has 0 saturated heterocycles. The van der Waals surface area contributed by atoms with Crippen LogP contribution in [0.3, 0.4) is 0 Å². The molecule has 0 saturated carbocycles. The molecule has 1 amide bonds. The van der Waals surface area contributed by atoms with Gasteiger partial charge in [0.15, 0.2) is 0 Å². The van der Waals surface area contributed by atoms with Crippen molar-refractivity contribution in [1.82, 2.24) is 4.90 Å². The summed E-state index contributed by atoms with van der Waals surface area (Å²) in [6.45, 7) is 0. The lowest BCUT2D eigenvalue weighted by Gasteiger charge is -2.12. The summed E-state index contributed by atoms with van der Waals surface area (Å²) in [7, 11) is 3.28. The summed E-state index contributed by atoms with van der Waals surface area (Å²) in [5, 5.41) is 0. The van der Waals surface area contributed by atoms with Crippen LogP contribution in [0.5, 0.6) is 5.75 Å². The third kappa shape index (κ3) is 4.05. The highest BCUT2D eigenvalue weighted by Gasteiger charge is 2.33. The van der Waals surface area contributed by atoms with Gasteiger partial charge in [0.05, 0.1) is 0 Å². The second kappa shape index (κ2) is 5.78.